The van der Waals surface area contributed by atoms with E-state index in [0.717, 1.165) is 0 Å². The third-order valence-electron chi connectivity index (χ3n) is 3.15. The van der Waals surface area contributed by atoms with Gasteiger partial charge in [-0.15, -0.1) is 0 Å². The molecule has 0 N–H and O–H groups in total. The highest BCUT2D eigenvalue weighted by Crippen LogP contribution is 2.15. The molecule has 1 aliphatic carbocycles. The maximum Gasteiger partial charge on any atom is -0.0383 e. The Labute approximate surface area is 90.5 Å². The van der Waals surface area contributed by atoms with Crippen LogP contribution in [0.3, 0.4) is 0 Å². The van der Waals surface area contributed by atoms with Crippen LogP contribution < -0.4 is 0 Å². The van der Waals surface area contributed by atoms with Gasteiger partial charge in [-0.1, -0.05) is 70.6 Å². The molecule has 2 radical (unpaired) electrons. The highest BCUT2D eigenvalue weighted by Gasteiger charge is 1.96. The van der Waals surface area contributed by atoms with Crippen LogP contribution in [0, 0.1) is 12.8 Å². The molecule has 0 bridgehead atoms. The quantitative estimate of drug-likeness (QED) is 0.504. The molecule has 0 aromatic heterocycles. The van der Waals surface area contributed by atoms with Gasteiger partial charge in [0.15, 0.2) is 0 Å². The molecule has 0 atom stereocenters. The second-order valence-corrected chi connectivity index (χ2v) is 4.57. The van der Waals surface area contributed by atoms with Crippen LogP contribution in [0.1, 0.15) is 77.0 Å². The van der Waals surface area contributed by atoms with Crippen LogP contribution in [0.5, 0.6) is 0 Å². The topological polar surface area (TPSA) is 0 Å². The Kier molecular flexibility index (Phi) is 8.24. The molecular formula is C14H26. The lowest BCUT2D eigenvalue weighted by Gasteiger charge is -2.05. The van der Waals surface area contributed by atoms with Crippen molar-refractivity contribution < 1.29 is 0 Å². The van der Waals surface area contributed by atoms with Crippen LogP contribution in [0.15, 0.2) is 0 Å². The molecule has 0 aromatic carbocycles. The van der Waals surface area contributed by atoms with E-state index in [1.165, 1.54) is 77.0 Å². The molecule has 1 aliphatic rings. The van der Waals surface area contributed by atoms with Gasteiger partial charge >= 0.3 is 0 Å². The van der Waals surface area contributed by atoms with E-state index in [9.17, 15) is 0 Å². The molecule has 1 saturated carbocycles. The fraction of sp³-hybridized carbons (Fsp3) is 0.857. The first-order valence-corrected chi connectivity index (χ1v) is 6.63. The predicted molar refractivity (Wildman–Crippen MR) is 64.0 cm³/mol. The van der Waals surface area contributed by atoms with Gasteiger partial charge in [0, 0.05) is 0 Å². The molecule has 14 heavy (non-hydrogen) atoms. The molecule has 1 fully saturated rings. The van der Waals surface area contributed by atoms with Crippen molar-refractivity contribution in [2.75, 3.05) is 0 Å². The lowest BCUT2D eigenvalue weighted by molar-refractivity contribution is 0.549. The largest absolute Gasteiger partial charge is 0.0533 e. The summed E-state index contributed by atoms with van der Waals surface area (Å²) in [6.45, 7) is 0. The minimum absolute atomic E-state index is 1.25. The van der Waals surface area contributed by atoms with Gasteiger partial charge in [0.25, 0.3) is 0 Å². The van der Waals surface area contributed by atoms with Crippen LogP contribution in [0.2, 0.25) is 0 Å². The summed E-state index contributed by atoms with van der Waals surface area (Å²) in [5.74, 6) is 0. The molecule has 0 heteroatoms. The van der Waals surface area contributed by atoms with E-state index in [1.807, 2.05) is 0 Å². The zero-order chi connectivity index (χ0) is 9.90. The third kappa shape index (κ3) is 7.41. The maximum absolute atomic E-state index is 2.46. The average molecular weight is 194 g/mol. The molecule has 0 nitrogen and oxygen atoms in total. The van der Waals surface area contributed by atoms with E-state index in [1.54, 1.807) is 0 Å². The van der Waals surface area contributed by atoms with Crippen molar-refractivity contribution in [1.29, 1.82) is 0 Å². The Hall–Kier alpha value is 0. The smallest absolute Gasteiger partial charge is 0.0383 e. The highest BCUT2D eigenvalue weighted by atomic mass is 14.0. The van der Waals surface area contributed by atoms with Crippen LogP contribution >= 0.6 is 0 Å². The highest BCUT2D eigenvalue weighted by molar-refractivity contribution is 4.75. The zero-order valence-corrected chi connectivity index (χ0v) is 9.64. The summed E-state index contributed by atoms with van der Waals surface area (Å²) < 4.78 is 0. The van der Waals surface area contributed by atoms with Gasteiger partial charge in [0.2, 0.25) is 0 Å². The number of hydrogen-bond acceptors (Lipinski definition) is 0. The van der Waals surface area contributed by atoms with Crippen LogP contribution in [0.4, 0.5) is 0 Å². The lowest BCUT2D eigenvalue weighted by atomic mass is 10.0. The van der Waals surface area contributed by atoms with Crippen molar-refractivity contribution in [2.24, 2.45) is 0 Å². The SMILES string of the molecule is [CH]1C[CH]CCCCCCCCCCC1. The van der Waals surface area contributed by atoms with E-state index >= 15 is 0 Å². The number of rotatable bonds is 0. The van der Waals surface area contributed by atoms with Gasteiger partial charge in [-0.25, -0.2) is 0 Å². The molecule has 0 heterocycles. The van der Waals surface area contributed by atoms with Gasteiger partial charge in [-0.2, -0.15) is 0 Å². The standard InChI is InChI=1S/C14H26/c1-2-4-6-8-10-12-14-13-11-9-7-5-3-1/h1,4H,2-3,5-14H2. The van der Waals surface area contributed by atoms with Crippen molar-refractivity contribution >= 4 is 0 Å². The van der Waals surface area contributed by atoms with Crippen LogP contribution in [0.25, 0.3) is 0 Å². The predicted octanol–water partition coefficient (Wildman–Crippen LogP) is 5.09. The molecule has 1 rings (SSSR count). The molecule has 0 amide bonds. The third-order valence-corrected chi connectivity index (χ3v) is 3.15. The molecule has 0 aromatic rings. The molecule has 0 saturated heterocycles. The molecular weight excluding hydrogens is 168 g/mol. The van der Waals surface area contributed by atoms with Crippen molar-refractivity contribution in [3.63, 3.8) is 0 Å². The monoisotopic (exact) mass is 194 g/mol. The molecule has 0 spiro atoms. The Morgan fingerprint density at radius 1 is 0.429 bits per heavy atom. The summed E-state index contributed by atoms with van der Waals surface area (Å²) in [5.41, 5.74) is 0. The summed E-state index contributed by atoms with van der Waals surface area (Å²) in [4.78, 5) is 0. The van der Waals surface area contributed by atoms with Gasteiger partial charge in [0.1, 0.15) is 0 Å². The van der Waals surface area contributed by atoms with Crippen molar-refractivity contribution in [1.82, 2.24) is 0 Å². The minimum atomic E-state index is 1.25. The molecule has 82 valence electrons. The fourth-order valence-electron chi connectivity index (χ4n) is 2.17. The van der Waals surface area contributed by atoms with E-state index < -0.39 is 0 Å². The maximum atomic E-state index is 2.46. The summed E-state index contributed by atoms with van der Waals surface area (Å²) in [7, 11) is 0. The summed E-state index contributed by atoms with van der Waals surface area (Å²) in [5, 5.41) is 0. The van der Waals surface area contributed by atoms with E-state index in [4.69, 9.17) is 0 Å². The van der Waals surface area contributed by atoms with E-state index in [0.29, 0.717) is 0 Å². The summed E-state index contributed by atoms with van der Waals surface area (Å²) in [6.07, 6.45) is 22.0. The van der Waals surface area contributed by atoms with Crippen LogP contribution in [-0.2, 0) is 0 Å². The summed E-state index contributed by atoms with van der Waals surface area (Å²) in [6, 6.07) is 0. The zero-order valence-electron chi connectivity index (χ0n) is 9.64. The van der Waals surface area contributed by atoms with Gasteiger partial charge < -0.3 is 0 Å². The van der Waals surface area contributed by atoms with Crippen molar-refractivity contribution in [2.45, 2.75) is 77.0 Å². The fourth-order valence-corrected chi connectivity index (χ4v) is 2.17. The Morgan fingerprint density at radius 3 is 1.21 bits per heavy atom. The Morgan fingerprint density at radius 2 is 0.786 bits per heavy atom. The summed E-state index contributed by atoms with van der Waals surface area (Å²) >= 11 is 0. The Balaban J connectivity index is 2.00. The molecule has 0 unspecified atom stereocenters. The number of hydrogen-bond donors (Lipinski definition) is 0. The Bertz CT molecular complexity index is 53.3. The first kappa shape index (κ1) is 12.1. The second kappa shape index (κ2) is 9.55. The van der Waals surface area contributed by atoms with Gasteiger partial charge in [-0.05, 0) is 19.3 Å². The first-order valence-electron chi connectivity index (χ1n) is 6.63. The molecule has 0 aliphatic heterocycles. The van der Waals surface area contributed by atoms with E-state index in [2.05, 4.69) is 12.8 Å². The lowest BCUT2D eigenvalue weighted by Crippen LogP contribution is -1.86. The van der Waals surface area contributed by atoms with Crippen LogP contribution in [-0.4, -0.2) is 0 Å². The normalized spacial score (nSPS) is 24.0. The van der Waals surface area contributed by atoms with Crippen molar-refractivity contribution in [3.05, 3.63) is 12.8 Å². The average Bonchev–Trinajstić information content (AvgIpc) is 2.22. The first-order chi connectivity index (χ1) is 7.00. The van der Waals surface area contributed by atoms with E-state index in [-0.39, 0.29) is 0 Å². The van der Waals surface area contributed by atoms with Crippen molar-refractivity contribution in [3.8, 4) is 0 Å². The second-order valence-electron chi connectivity index (χ2n) is 4.57. The van der Waals surface area contributed by atoms with Gasteiger partial charge in [-0.3, -0.25) is 0 Å². The minimum Gasteiger partial charge on any atom is -0.0533 e. The van der Waals surface area contributed by atoms with Gasteiger partial charge in [0.05, 0.1) is 0 Å².